The summed E-state index contributed by atoms with van der Waals surface area (Å²) < 4.78 is 1.82. The normalized spacial score (nSPS) is 16.9. The molecule has 8 heteroatoms. The third-order valence-corrected chi connectivity index (χ3v) is 8.06. The highest BCUT2D eigenvalue weighted by Gasteiger charge is 2.30. The molecule has 2 aromatic heterocycles. The Kier molecular flexibility index (Phi) is 6.39. The molecule has 156 valence electrons. The van der Waals surface area contributed by atoms with Gasteiger partial charge in [0.1, 0.15) is 10.4 Å². The van der Waals surface area contributed by atoms with Gasteiger partial charge in [-0.05, 0) is 45.1 Å². The van der Waals surface area contributed by atoms with Crippen molar-refractivity contribution in [1.82, 2.24) is 14.9 Å². The molecule has 3 rings (SSSR count). The number of carbonyl (C=O) groups excluding carboxylic acids is 1. The van der Waals surface area contributed by atoms with Crippen molar-refractivity contribution in [2.24, 2.45) is 5.92 Å². The van der Waals surface area contributed by atoms with Crippen molar-refractivity contribution in [3.8, 4) is 6.07 Å². The van der Waals surface area contributed by atoms with Gasteiger partial charge < -0.3 is 5.32 Å². The molecule has 1 saturated carbocycles. The molecule has 1 aliphatic rings. The summed E-state index contributed by atoms with van der Waals surface area (Å²) in [4.78, 5) is 32.5. The molecule has 0 aliphatic heterocycles. The first-order valence-electron chi connectivity index (χ1n) is 10.0. The lowest BCUT2D eigenvalue weighted by Crippen LogP contribution is -2.49. The van der Waals surface area contributed by atoms with Crippen LogP contribution in [0.3, 0.4) is 0 Å². The van der Waals surface area contributed by atoms with Crippen LogP contribution in [0.4, 0.5) is 0 Å². The Bertz CT molecular complexity index is 1030. The number of aryl methyl sites for hydroxylation is 2. The monoisotopic (exact) mass is 432 g/mol. The highest BCUT2D eigenvalue weighted by Crippen LogP contribution is 2.34. The van der Waals surface area contributed by atoms with Crippen molar-refractivity contribution in [3.63, 3.8) is 0 Å². The summed E-state index contributed by atoms with van der Waals surface area (Å²) in [7, 11) is 0. The largest absolute Gasteiger partial charge is 0.337 e. The van der Waals surface area contributed by atoms with Crippen LogP contribution < -0.4 is 10.9 Å². The van der Waals surface area contributed by atoms with Crippen LogP contribution in [0.25, 0.3) is 10.2 Å². The fourth-order valence-electron chi connectivity index (χ4n) is 3.63. The number of fused-ring (bicyclic) bond motifs is 1. The minimum absolute atomic E-state index is 0.00957. The van der Waals surface area contributed by atoms with E-state index in [1.807, 2.05) is 32.3 Å². The topological polar surface area (TPSA) is 87.8 Å². The number of nitrogens with one attached hydrogen (secondary N) is 1. The number of nitrogens with zero attached hydrogens (tertiary/aromatic N) is 3. The number of aromatic nitrogens is 2. The minimum Gasteiger partial charge on any atom is -0.337 e. The van der Waals surface area contributed by atoms with Crippen LogP contribution in [0.1, 0.15) is 62.9 Å². The van der Waals surface area contributed by atoms with Gasteiger partial charge in [0.25, 0.3) is 5.56 Å². The van der Waals surface area contributed by atoms with E-state index in [1.165, 1.54) is 23.1 Å². The number of hydrogen-bond acceptors (Lipinski definition) is 6. The molecule has 1 fully saturated rings. The molecule has 0 spiro atoms. The average molecular weight is 433 g/mol. The standard InChI is InChI=1S/C21H28N4O2S2/c1-12(2)21(5,11-22)24-16(26)10-28-20-23-18-17(13(3)14(4)29-18)19(27)25(20)15-8-6-7-9-15/h12,15H,6-10H2,1-5H3,(H,24,26)/t21-/m0/s1. The van der Waals surface area contributed by atoms with E-state index in [0.717, 1.165) is 41.0 Å². The number of carbonyl (C=O) groups is 1. The van der Waals surface area contributed by atoms with Gasteiger partial charge in [0.2, 0.25) is 5.91 Å². The third-order valence-electron chi connectivity index (χ3n) is 6.01. The highest BCUT2D eigenvalue weighted by atomic mass is 32.2. The number of amides is 1. The molecule has 2 aromatic rings. The predicted octanol–water partition coefficient (Wildman–Crippen LogP) is 4.34. The van der Waals surface area contributed by atoms with Crippen LogP contribution in [0.5, 0.6) is 0 Å². The summed E-state index contributed by atoms with van der Waals surface area (Å²) in [6, 6.07) is 2.34. The molecule has 1 atom stereocenters. The quantitative estimate of drug-likeness (QED) is 0.542. The Morgan fingerprint density at radius 1 is 1.41 bits per heavy atom. The number of rotatable bonds is 6. The minimum atomic E-state index is -0.915. The summed E-state index contributed by atoms with van der Waals surface area (Å²) >= 11 is 2.81. The maximum Gasteiger partial charge on any atom is 0.263 e. The Balaban J connectivity index is 1.92. The van der Waals surface area contributed by atoms with Crippen molar-refractivity contribution < 1.29 is 4.79 Å². The van der Waals surface area contributed by atoms with E-state index in [-0.39, 0.29) is 29.2 Å². The van der Waals surface area contributed by atoms with Gasteiger partial charge in [0, 0.05) is 10.9 Å². The van der Waals surface area contributed by atoms with E-state index < -0.39 is 5.54 Å². The van der Waals surface area contributed by atoms with Gasteiger partial charge in [0.15, 0.2) is 5.16 Å². The first-order chi connectivity index (χ1) is 13.7. The van der Waals surface area contributed by atoms with E-state index in [0.29, 0.717) is 10.5 Å². The van der Waals surface area contributed by atoms with Crippen LogP contribution >= 0.6 is 23.1 Å². The molecular formula is C21H28N4O2S2. The van der Waals surface area contributed by atoms with E-state index in [1.54, 1.807) is 6.92 Å². The van der Waals surface area contributed by atoms with Crippen LogP contribution in [0, 0.1) is 31.1 Å². The second-order valence-corrected chi connectivity index (χ2v) is 10.4. The summed E-state index contributed by atoms with van der Waals surface area (Å²) in [5, 5.41) is 13.6. The summed E-state index contributed by atoms with van der Waals surface area (Å²) in [6.07, 6.45) is 4.15. The van der Waals surface area contributed by atoms with Crippen LogP contribution in [-0.2, 0) is 4.79 Å². The van der Waals surface area contributed by atoms with E-state index in [9.17, 15) is 14.9 Å². The Hall–Kier alpha value is -1.85. The van der Waals surface area contributed by atoms with E-state index >= 15 is 0 Å². The smallest absolute Gasteiger partial charge is 0.263 e. The van der Waals surface area contributed by atoms with Crippen molar-refractivity contribution >= 4 is 39.2 Å². The molecule has 29 heavy (non-hydrogen) atoms. The van der Waals surface area contributed by atoms with Crippen LogP contribution in [0.15, 0.2) is 9.95 Å². The van der Waals surface area contributed by atoms with Gasteiger partial charge >= 0.3 is 0 Å². The molecule has 0 saturated heterocycles. The van der Waals surface area contributed by atoms with Gasteiger partial charge in [-0.3, -0.25) is 14.2 Å². The second kappa shape index (κ2) is 8.49. The average Bonchev–Trinajstić information content (AvgIpc) is 3.28. The molecule has 1 aliphatic carbocycles. The first-order valence-corrected chi connectivity index (χ1v) is 11.9. The maximum atomic E-state index is 13.4. The molecule has 1 amide bonds. The predicted molar refractivity (Wildman–Crippen MR) is 119 cm³/mol. The highest BCUT2D eigenvalue weighted by molar-refractivity contribution is 7.99. The number of thiophene rings is 1. The Morgan fingerprint density at radius 3 is 2.66 bits per heavy atom. The second-order valence-electron chi connectivity index (χ2n) is 8.28. The zero-order valence-electron chi connectivity index (χ0n) is 17.7. The lowest BCUT2D eigenvalue weighted by molar-refractivity contribution is -0.120. The van der Waals surface area contributed by atoms with Crippen LogP contribution in [0.2, 0.25) is 0 Å². The van der Waals surface area contributed by atoms with Crippen LogP contribution in [-0.4, -0.2) is 26.8 Å². The molecule has 0 unspecified atom stereocenters. The van der Waals surface area contributed by atoms with Gasteiger partial charge in [-0.1, -0.05) is 38.5 Å². The third kappa shape index (κ3) is 4.22. The molecule has 6 nitrogen and oxygen atoms in total. The van der Waals surface area contributed by atoms with Gasteiger partial charge in [-0.25, -0.2) is 4.98 Å². The zero-order valence-corrected chi connectivity index (χ0v) is 19.3. The number of nitriles is 1. The van der Waals surface area contributed by atoms with E-state index in [4.69, 9.17) is 4.98 Å². The first kappa shape index (κ1) is 21.8. The van der Waals surface area contributed by atoms with Crippen molar-refractivity contribution in [3.05, 3.63) is 20.8 Å². The summed E-state index contributed by atoms with van der Waals surface area (Å²) in [5.74, 6) is -0.110. The van der Waals surface area contributed by atoms with Gasteiger partial charge in [-0.2, -0.15) is 5.26 Å². The SMILES string of the molecule is Cc1sc2nc(SCC(=O)N[C@@](C)(C#N)C(C)C)n(C3CCCC3)c(=O)c2c1C. The lowest BCUT2D eigenvalue weighted by atomic mass is 9.90. The summed E-state index contributed by atoms with van der Waals surface area (Å²) in [6.45, 7) is 9.54. The zero-order chi connectivity index (χ0) is 21.3. The van der Waals surface area contributed by atoms with Crippen molar-refractivity contribution in [2.75, 3.05) is 5.75 Å². The maximum absolute atomic E-state index is 13.4. The van der Waals surface area contributed by atoms with Gasteiger partial charge in [0.05, 0.1) is 17.2 Å². The molecule has 0 radical (unpaired) electrons. The molecular weight excluding hydrogens is 404 g/mol. The summed E-state index contributed by atoms with van der Waals surface area (Å²) in [5.41, 5.74) is 0.100. The van der Waals surface area contributed by atoms with E-state index in [2.05, 4.69) is 11.4 Å². The Morgan fingerprint density at radius 2 is 2.07 bits per heavy atom. The molecule has 0 bridgehead atoms. The Labute approximate surface area is 179 Å². The number of thioether (sulfide) groups is 1. The number of hydrogen-bond donors (Lipinski definition) is 1. The van der Waals surface area contributed by atoms with Crippen molar-refractivity contribution in [1.29, 1.82) is 5.26 Å². The van der Waals surface area contributed by atoms with Crippen molar-refractivity contribution in [2.45, 2.75) is 77.0 Å². The van der Waals surface area contributed by atoms with Gasteiger partial charge in [-0.15, -0.1) is 11.3 Å². The molecule has 1 N–H and O–H groups in total. The fourth-order valence-corrected chi connectivity index (χ4v) is 5.57. The molecule has 2 heterocycles. The lowest BCUT2D eigenvalue weighted by Gasteiger charge is -2.27. The fraction of sp³-hybridized carbons (Fsp3) is 0.619. The molecule has 0 aromatic carbocycles.